The Kier molecular flexibility index (Phi) is 5.13. The summed E-state index contributed by atoms with van der Waals surface area (Å²) in [6, 6.07) is 9.98. The number of benzene rings is 1. The van der Waals surface area contributed by atoms with Crippen molar-refractivity contribution >= 4 is 0 Å². The lowest BCUT2D eigenvalue weighted by molar-refractivity contribution is 0.0336. The number of ether oxygens (including phenoxy) is 1. The lowest BCUT2D eigenvalue weighted by Gasteiger charge is -2.32. The van der Waals surface area contributed by atoms with Gasteiger partial charge in [-0.1, -0.05) is 56.2 Å². The Balaban J connectivity index is 2.15. The van der Waals surface area contributed by atoms with Crippen LogP contribution in [0.2, 0.25) is 0 Å². The number of unbranched alkanes of at least 4 members (excludes halogenated alkanes) is 2. The first kappa shape index (κ1) is 15.0. The van der Waals surface area contributed by atoms with Gasteiger partial charge >= 0.3 is 0 Å². The molecule has 0 spiro atoms. The molecular weight excluding hydrogens is 251 g/mol. The molecule has 1 aliphatic carbocycles. The Morgan fingerprint density at radius 1 is 1.20 bits per heavy atom. The van der Waals surface area contributed by atoms with E-state index in [1.54, 1.807) is 13.2 Å². The quantitative estimate of drug-likeness (QED) is 0.514. The van der Waals surface area contributed by atoms with Crippen LogP contribution in [0.3, 0.4) is 0 Å². The van der Waals surface area contributed by atoms with E-state index in [1.165, 1.54) is 0 Å². The second-order valence-corrected chi connectivity index (χ2v) is 5.36. The lowest BCUT2D eigenvalue weighted by Crippen LogP contribution is -2.32. The number of halogens is 1. The van der Waals surface area contributed by atoms with Gasteiger partial charge in [-0.05, 0) is 30.6 Å². The molecule has 20 heavy (non-hydrogen) atoms. The molecule has 108 valence electrons. The van der Waals surface area contributed by atoms with Crippen molar-refractivity contribution in [3.8, 4) is 0 Å². The smallest absolute Gasteiger partial charge is 0.137 e. The zero-order valence-corrected chi connectivity index (χ0v) is 12.3. The molecule has 0 fully saturated rings. The molecule has 1 aliphatic rings. The van der Waals surface area contributed by atoms with E-state index >= 15 is 0 Å². The molecule has 1 aromatic rings. The normalized spacial score (nSPS) is 25.6. The van der Waals surface area contributed by atoms with Crippen LogP contribution in [-0.4, -0.2) is 12.7 Å². The molecule has 2 atom stereocenters. The molecule has 1 aromatic carbocycles. The Labute approximate surface area is 121 Å². The molecule has 0 N–H and O–H groups in total. The molecule has 1 nitrogen and oxygen atoms in total. The zero-order valence-electron chi connectivity index (χ0n) is 12.3. The number of allylic oxidation sites excluding steroid dienone is 2. The van der Waals surface area contributed by atoms with Gasteiger partial charge in [-0.15, -0.1) is 0 Å². The van der Waals surface area contributed by atoms with E-state index in [9.17, 15) is 4.39 Å². The Hall–Kier alpha value is -1.41. The van der Waals surface area contributed by atoms with E-state index < -0.39 is 5.60 Å². The van der Waals surface area contributed by atoms with Crippen molar-refractivity contribution in [1.29, 1.82) is 0 Å². The highest BCUT2D eigenvalue weighted by Gasteiger charge is 2.35. The standard InChI is InChI=1S/C18H23FO/c1-3-4-8-12-18(20-2)13-11-16(14-17(18)19)15-9-6-5-7-10-15/h5-7,9-11,13-14,16H,3-4,8,12H2,1-2H3. The third-order valence-electron chi connectivity index (χ3n) is 4.00. The second-order valence-electron chi connectivity index (χ2n) is 5.36. The maximum atomic E-state index is 14.6. The van der Waals surface area contributed by atoms with Crippen LogP contribution in [-0.2, 0) is 4.74 Å². The predicted molar refractivity (Wildman–Crippen MR) is 81.4 cm³/mol. The van der Waals surface area contributed by atoms with Gasteiger partial charge in [-0.3, -0.25) is 0 Å². The molecule has 0 amide bonds. The summed E-state index contributed by atoms with van der Waals surface area (Å²) in [5.41, 5.74) is 0.262. The number of methoxy groups -OCH3 is 1. The maximum absolute atomic E-state index is 14.6. The van der Waals surface area contributed by atoms with Gasteiger partial charge in [0.15, 0.2) is 0 Å². The van der Waals surface area contributed by atoms with Crippen LogP contribution in [0, 0.1) is 0 Å². The highest BCUT2D eigenvalue weighted by atomic mass is 19.1. The summed E-state index contributed by atoms with van der Waals surface area (Å²) in [5.74, 6) is -0.155. The molecule has 0 saturated carbocycles. The topological polar surface area (TPSA) is 9.23 Å². The maximum Gasteiger partial charge on any atom is 0.137 e. The van der Waals surface area contributed by atoms with E-state index in [0.717, 1.165) is 24.8 Å². The van der Waals surface area contributed by atoms with Crippen molar-refractivity contribution in [3.63, 3.8) is 0 Å². The second kappa shape index (κ2) is 6.85. The molecule has 0 aliphatic heterocycles. The van der Waals surface area contributed by atoms with Crippen molar-refractivity contribution in [2.75, 3.05) is 7.11 Å². The van der Waals surface area contributed by atoms with Gasteiger partial charge in [0, 0.05) is 13.0 Å². The van der Waals surface area contributed by atoms with Gasteiger partial charge in [0.05, 0.1) is 0 Å². The fraction of sp³-hybridized carbons (Fsp3) is 0.444. The highest BCUT2D eigenvalue weighted by molar-refractivity contribution is 5.37. The average Bonchev–Trinajstić information content (AvgIpc) is 2.50. The van der Waals surface area contributed by atoms with Crippen LogP contribution in [0.1, 0.15) is 44.1 Å². The number of hydrogen-bond acceptors (Lipinski definition) is 1. The van der Waals surface area contributed by atoms with E-state index in [1.807, 2.05) is 42.5 Å². The fourth-order valence-electron chi connectivity index (χ4n) is 2.68. The minimum atomic E-state index is -0.847. The summed E-state index contributed by atoms with van der Waals surface area (Å²) in [6.45, 7) is 2.15. The first-order chi connectivity index (χ1) is 9.72. The van der Waals surface area contributed by atoms with Gasteiger partial charge in [0.1, 0.15) is 11.4 Å². The van der Waals surface area contributed by atoms with Crippen LogP contribution in [0.4, 0.5) is 4.39 Å². The Morgan fingerprint density at radius 3 is 2.55 bits per heavy atom. The van der Waals surface area contributed by atoms with Gasteiger partial charge < -0.3 is 4.74 Å². The van der Waals surface area contributed by atoms with E-state index in [4.69, 9.17) is 4.74 Å². The SMILES string of the molecule is CCCCCC1(OC)C=CC(c2ccccc2)C=C1F. The molecule has 0 bridgehead atoms. The molecule has 2 rings (SSSR count). The van der Waals surface area contributed by atoms with Crippen LogP contribution in [0.15, 0.2) is 54.4 Å². The number of rotatable bonds is 6. The van der Waals surface area contributed by atoms with Crippen molar-refractivity contribution in [3.05, 3.63) is 60.0 Å². The monoisotopic (exact) mass is 274 g/mol. The molecule has 0 aromatic heterocycles. The first-order valence-electron chi connectivity index (χ1n) is 7.39. The van der Waals surface area contributed by atoms with Crippen molar-refractivity contribution < 1.29 is 9.13 Å². The van der Waals surface area contributed by atoms with Crippen molar-refractivity contribution in [1.82, 2.24) is 0 Å². The van der Waals surface area contributed by atoms with Crippen LogP contribution in [0.5, 0.6) is 0 Å². The lowest BCUT2D eigenvalue weighted by atomic mass is 9.84. The summed E-state index contributed by atoms with van der Waals surface area (Å²) in [5, 5.41) is 0. The van der Waals surface area contributed by atoms with Crippen LogP contribution >= 0.6 is 0 Å². The molecule has 0 heterocycles. The van der Waals surface area contributed by atoms with E-state index in [2.05, 4.69) is 6.92 Å². The predicted octanol–water partition coefficient (Wildman–Crippen LogP) is 5.16. The summed E-state index contributed by atoms with van der Waals surface area (Å²) in [4.78, 5) is 0. The molecule has 2 heteroatoms. The highest BCUT2D eigenvalue weighted by Crippen LogP contribution is 2.37. The zero-order chi connectivity index (χ0) is 14.4. The molecule has 0 radical (unpaired) electrons. The minimum Gasteiger partial charge on any atom is -0.367 e. The van der Waals surface area contributed by atoms with Gasteiger partial charge in [-0.25, -0.2) is 4.39 Å². The third kappa shape index (κ3) is 3.18. The largest absolute Gasteiger partial charge is 0.367 e. The summed E-state index contributed by atoms with van der Waals surface area (Å²) >= 11 is 0. The van der Waals surface area contributed by atoms with Crippen molar-refractivity contribution in [2.24, 2.45) is 0 Å². The molecule has 0 saturated heterocycles. The third-order valence-corrected chi connectivity index (χ3v) is 4.00. The Morgan fingerprint density at radius 2 is 1.95 bits per heavy atom. The number of hydrogen-bond donors (Lipinski definition) is 0. The minimum absolute atomic E-state index is 0.00523. The van der Waals surface area contributed by atoms with E-state index in [0.29, 0.717) is 6.42 Å². The van der Waals surface area contributed by atoms with Crippen LogP contribution in [0.25, 0.3) is 0 Å². The van der Waals surface area contributed by atoms with Gasteiger partial charge in [0.2, 0.25) is 0 Å². The Bertz CT molecular complexity index is 477. The summed E-state index contributed by atoms with van der Waals surface area (Å²) < 4.78 is 20.0. The van der Waals surface area contributed by atoms with Crippen molar-refractivity contribution in [2.45, 2.75) is 44.1 Å². The molecule has 2 unspecified atom stereocenters. The molecular formula is C18H23FO. The van der Waals surface area contributed by atoms with Crippen LogP contribution < -0.4 is 0 Å². The first-order valence-corrected chi connectivity index (χ1v) is 7.39. The average molecular weight is 274 g/mol. The van der Waals surface area contributed by atoms with Gasteiger partial charge in [-0.2, -0.15) is 0 Å². The summed E-state index contributed by atoms with van der Waals surface area (Å²) in [6.07, 6.45) is 9.55. The fourth-order valence-corrected chi connectivity index (χ4v) is 2.68. The summed E-state index contributed by atoms with van der Waals surface area (Å²) in [7, 11) is 1.59. The van der Waals surface area contributed by atoms with Gasteiger partial charge in [0.25, 0.3) is 0 Å². The van der Waals surface area contributed by atoms with E-state index in [-0.39, 0.29) is 11.7 Å².